The molecule has 2 rings (SSSR count). The summed E-state index contributed by atoms with van der Waals surface area (Å²) in [6.07, 6.45) is 3.05. The fourth-order valence-electron chi connectivity index (χ4n) is 2.30. The van der Waals surface area contributed by atoms with Gasteiger partial charge < -0.3 is 20.1 Å². The monoisotopic (exact) mass is 328 g/mol. The van der Waals surface area contributed by atoms with Gasteiger partial charge in [0.05, 0.1) is 13.7 Å². The zero-order valence-corrected chi connectivity index (χ0v) is 14.0. The normalized spacial score (nSPS) is 16.7. The summed E-state index contributed by atoms with van der Waals surface area (Å²) in [5.74, 6) is 1.22. The topological polar surface area (TPSA) is 59.6 Å². The molecule has 1 aromatic rings. The summed E-state index contributed by atoms with van der Waals surface area (Å²) < 4.78 is 11.0. The van der Waals surface area contributed by atoms with Crippen molar-refractivity contribution >= 4 is 18.3 Å². The Balaban J connectivity index is 0.00000242. The second kappa shape index (κ2) is 9.54. The van der Waals surface area contributed by atoms with Crippen LogP contribution in [-0.2, 0) is 0 Å². The number of nitrogens with one attached hydrogen (secondary N) is 2. The van der Waals surface area contributed by atoms with Gasteiger partial charge in [-0.15, -0.1) is 12.4 Å². The number of carbonyl (C=O) groups is 1. The molecular weight excluding hydrogens is 304 g/mol. The predicted octanol–water partition coefficient (Wildman–Crippen LogP) is 2.39. The van der Waals surface area contributed by atoms with Crippen molar-refractivity contribution in [3.05, 3.63) is 23.8 Å². The molecule has 0 radical (unpaired) electrons. The smallest absolute Gasteiger partial charge is 0.251 e. The number of ether oxygens (including phenoxy) is 2. The highest BCUT2D eigenvalue weighted by atomic mass is 35.5. The standard InChI is InChI=1S/C16H24N2O3.ClH/c1-3-4-9-21-14-6-5-12(10-15(14)20-2)16(19)18-13-7-8-17-11-13;/h5-6,10,13,17H,3-4,7-9,11H2,1-2H3,(H,18,19);1H. The quantitative estimate of drug-likeness (QED) is 0.755. The highest BCUT2D eigenvalue weighted by molar-refractivity contribution is 5.95. The molecule has 1 heterocycles. The molecule has 0 aliphatic carbocycles. The van der Waals surface area contributed by atoms with E-state index in [4.69, 9.17) is 9.47 Å². The van der Waals surface area contributed by atoms with Crippen molar-refractivity contribution in [2.24, 2.45) is 0 Å². The van der Waals surface area contributed by atoms with Crippen LogP contribution >= 0.6 is 12.4 Å². The minimum Gasteiger partial charge on any atom is -0.493 e. The Morgan fingerprint density at radius 1 is 1.41 bits per heavy atom. The number of amides is 1. The van der Waals surface area contributed by atoms with E-state index in [-0.39, 0.29) is 24.4 Å². The summed E-state index contributed by atoms with van der Waals surface area (Å²) in [6.45, 7) is 4.57. The first kappa shape index (κ1) is 18.6. The Morgan fingerprint density at radius 2 is 2.23 bits per heavy atom. The molecule has 2 N–H and O–H groups in total. The molecule has 1 aliphatic rings. The van der Waals surface area contributed by atoms with Crippen molar-refractivity contribution in [2.45, 2.75) is 32.2 Å². The van der Waals surface area contributed by atoms with Crippen molar-refractivity contribution in [1.29, 1.82) is 0 Å². The maximum atomic E-state index is 12.2. The SMILES string of the molecule is CCCCOc1ccc(C(=O)NC2CCNC2)cc1OC.Cl. The third-order valence-corrected chi connectivity index (χ3v) is 3.58. The summed E-state index contributed by atoms with van der Waals surface area (Å²) in [4.78, 5) is 12.2. The van der Waals surface area contributed by atoms with Gasteiger partial charge in [-0.05, 0) is 37.6 Å². The molecule has 1 unspecified atom stereocenters. The van der Waals surface area contributed by atoms with Crippen LogP contribution in [-0.4, -0.2) is 38.8 Å². The number of carbonyl (C=O) groups excluding carboxylic acids is 1. The number of methoxy groups -OCH3 is 1. The minimum atomic E-state index is -0.0675. The van der Waals surface area contributed by atoms with Gasteiger partial charge in [0.15, 0.2) is 11.5 Å². The third kappa shape index (κ3) is 5.07. The third-order valence-electron chi connectivity index (χ3n) is 3.58. The lowest BCUT2D eigenvalue weighted by atomic mass is 10.1. The lowest BCUT2D eigenvalue weighted by Crippen LogP contribution is -2.36. The van der Waals surface area contributed by atoms with E-state index in [2.05, 4.69) is 17.6 Å². The number of hydrogen-bond donors (Lipinski definition) is 2. The zero-order chi connectivity index (χ0) is 15.1. The molecule has 0 aromatic heterocycles. The van der Waals surface area contributed by atoms with Gasteiger partial charge in [0.25, 0.3) is 5.91 Å². The second-order valence-corrected chi connectivity index (χ2v) is 5.23. The van der Waals surface area contributed by atoms with Crippen molar-refractivity contribution in [3.63, 3.8) is 0 Å². The van der Waals surface area contributed by atoms with E-state index in [1.165, 1.54) is 0 Å². The molecule has 1 atom stereocenters. The van der Waals surface area contributed by atoms with E-state index >= 15 is 0 Å². The number of halogens is 1. The van der Waals surface area contributed by atoms with E-state index < -0.39 is 0 Å². The molecule has 22 heavy (non-hydrogen) atoms. The Kier molecular flexibility index (Phi) is 8.06. The van der Waals surface area contributed by atoms with E-state index in [0.29, 0.717) is 23.7 Å². The molecule has 0 bridgehead atoms. The molecule has 0 spiro atoms. The molecule has 5 nitrogen and oxygen atoms in total. The van der Waals surface area contributed by atoms with Gasteiger partial charge in [-0.2, -0.15) is 0 Å². The van der Waals surface area contributed by atoms with Crippen LogP contribution in [0.4, 0.5) is 0 Å². The van der Waals surface area contributed by atoms with Gasteiger partial charge in [-0.3, -0.25) is 4.79 Å². The average molecular weight is 329 g/mol. The predicted molar refractivity (Wildman–Crippen MR) is 89.4 cm³/mol. The van der Waals surface area contributed by atoms with Gasteiger partial charge in [0.1, 0.15) is 0 Å². The van der Waals surface area contributed by atoms with Gasteiger partial charge in [-0.25, -0.2) is 0 Å². The van der Waals surface area contributed by atoms with E-state index in [1.54, 1.807) is 25.3 Å². The largest absolute Gasteiger partial charge is 0.493 e. The summed E-state index contributed by atoms with van der Waals surface area (Å²) >= 11 is 0. The first-order valence-electron chi connectivity index (χ1n) is 7.57. The van der Waals surface area contributed by atoms with E-state index in [1.807, 2.05) is 0 Å². The van der Waals surface area contributed by atoms with Crippen LogP contribution in [0.3, 0.4) is 0 Å². The first-order chi connectivity index (χ1) is 10.2. The molecule has 1 saturated heterocycles. The van der Waals surface area contributed by atoms with Crippen LogP contribution in [0.15, 0.2) is 18.2 Å². The van der Waals surface area contributed by atoms with Crippen LogP contribution in [0.2, 0.25) is 0 Å². The fraction of sp³-hybridized carbons (Fsp3) is 0.562. The molecule has 1 aromatic carbocycles. The van der Waals surface area contributed by atoms with E-state index in [9.17, 15) is 4.79 Å². The molecule has 1 aliphatic heterocycles. The van der Waals surface area contributed by atoms with Crippen LogP contribution in [0.25, 0.3) is 0 Å². The second-order valence-electron chi connectivity index (χ2n) is 5.23. The van der Waals surface area contributed by atoms with Crippen LogP contribution < -0.4 is 20.1 Å². The van der Waals surface area contributed by atoms with Crippen molar-refractivity contribution < 1.29 is 14.3 Å². The highest BCUT2D eigenvalue weighted by Crippen LogP contribution is 2.28. The number of rotatable bonds is 7. The van der Waals surface area contributed by atoms with Crippen LogP contribution in [0, 0.1) is 0 Å². The summed E-state index contributed by atoms with van der Waals surface area (Å²) in [6, 6.07) is 5.53. The fourth-order valence-corrected chi connectivity index (χ4v) is 2.30. The maximum Gasteiger partial charge on any atom is 0.251 e. The number of hydrogen-bond acceptors (Lipinski definition) is 4. The van der Waals surface area contributed by atoms with Gasteiger partial charge in [0.2, 0.25) is 0 Å². The molecule has 124 valence electrons. The lowest BCUT2D eigenvalue weighted by Gasteiger charge is -2.14. The van der Waals surface area contributed by atoms with E-state index in [0.717, 1.165) is 32.4 Å². The summed E-state index contributed by atoms with van der Waals surface area (Å²) in [5.41, 5.74) is 0.599. The number of benzene rings is 1. The summed E-state index contributed by atoms with van der Waals surface area (Å²) in [5, 5.41) is 6.25. The van der Waals surface area contributed by atoms with Gasteiger partial charge in [-0.1, -0.05) is 13.3 Å². The first-order valence-corrected chi connectivity index (χ1v) is 7.57. The zero-order valence-electron chi connectivity index (χ0n) is 13.2. The molecular formula is C16H25ClN2O3. The van der Waals surface area contributed by atoms with Crippen LogP contribution in [0.1, 0.15) is 36.5 Å². The lowest BCUT2D eigenvalue weighted by molar-refractivity contribution is 0.0939. The molecule has 1 amide bonds. The highest BCUT2D eigenvalue weighted by Gasteiger charge is 2.18. The number of unbranched alkanes of at least 4 members (excludes halogenated alkanes) is 1. The Morgan fingerprint density at radius 3 is 2.86 bits per heavy atom. The van der Waals surface area contributed by atoms with Gasteiger partial charge in [0, 0.05) is 18.2 Å². The Hall–Kier alpha value is -1.46. The van der Waals surface area contributed by atoms with Crippen molar-refractivity contribution in [1.82, 2.24) is 10.6 Å². The van der Waals surface area contributed by atoms with Crippen LogP contribution in [0.5, 0.6) is 11.5 Å². The minimum absolute atomic E-state index is 0. The molecule has 0 saturated carbocycles. The Labute approximate surface area is 138 Å². The maximum absolute atomic E-state index is 12.2. The van der Waals surface area contributed by atoms with Crippen molar-refractivity contribution in [3.8, 4) is 11.5 Å². The molecule has 1 fully saturated rings. The summed E-state index contributed by atoms with van der Waals surface area (Å²) in [7, 11) is 1.59. The Bertz CT molecular complexity index is 476. The average Bonchev–Trinajstić information content (AvgIpc) is 3.00. The van der Waals surface area contributed by atoms with Gasteiger partial charge >= 0.3 is 0 Å². The molecule has 6 heteroatoms. The van der Waals surface area contributed by atoms with Crippen molar-refractivity contribution in [2.75, 3.05) is 26.8 Å².